The number of nitrogens with zero attached hydrogens (tertiary/aromatic N) is 1. The molecule has 1 fully saturated rings. The van der Waals surface area contributed by atoms with Gasteiger partial charge in [0.1, 0.15) is 0 Å². The SMILES string of the molecule is CC1CC(NC(=O)CNC(=O)Nc2ccc(C(F)(F)F)cc2)CCN1Cc1ccc(Cl)cc1. The van der Waals surface area contributed by atoms with Crippen molar-refractivity contribution in [3.63, 3.8) is 0 Å². The molecule has 2 unspecified atom stereocenters. The van der Waals surface area contributed by atoms with Crippen LogP contribution >= 0.6 is 11.6 Å². The number of piperidine rings is 1. The molecule has 10 heteroatoms. The Kier molecular flexibility index (Phi) is 8.20. The second kappa shape index (κ2) is 10.9. The number of hydrogen-bond donors (Lipinski definition) is 3. The second-order valence-corrected chi connectivity index (χ2v) is 8.55. The van der Waals surface area contributed by atoms with Gasteiger partial charge < -0.3 is 16.0 Å². The van der Waals surface area contributed by atoms with Crippen molar-refractivity contribution in [3.8, 4) is 0 Å². The lowest BCUT2D eigenvalue weighted by Crippen LogP contribution is -2.50. The third-order valence-corrected chi connectivity index (χ3v) is 5.81. The topological polar surface area (TPSA) is 73.5 Å². The average molecular weight is 483 g/mol. The molecule has 2 aromatic carbocycles. The minimum Gasteiger partial charge on any atom is -0.352 e. The highest BCUT2D eigenvalue weighted by Crippen LogP contribution is 2.29. The lowest BCUT2D eigenvalue weighted by Gasteiger charge is -2.38. The molecule has 33 heavy (non-hydrogen) atoms. The zero-order chi connectivity index (χ0) is 24.0. The van der Waals surface area contributed by atoms with Crippen LogP contribution in [0.25, 0.3) is 0 Å². The third kappa shape index (κ3) is 7.64. The van der Waals surface area contributed by atoms with E-state index in [1.165, 1.54) is 5.56 Å². The molecule has 3 rings (SSSR count). The van der Waals surface area contributed by atoms with Gasteiger partial charge in [0.25, 0.3) is 0 Å². The largest absolute Gasteiger partial charge is 0.416 e. The van der Waals surface area contributed by atoms with Gasteiger partial charge >= 0.3 is 12.2 Å². The van der Waals surface area contributed by atoms with E-state index in [1.807, 2.05) is 24.3 Å². The molecule has 0 aliphatic carbocycles. The molecule has 3 amide bonds. The van der Waals surface area contributed by atoms with Crippen molar-refractivity contribution in [1.82, 2.24) is 15.5 Å². The first-order chi connectivity index (χ1) is 15.6. The van der Waals surface area contributed by atoms with E-state index in [4.69, 9.17) is 11.6 Å². The summed E-state index contributed by atoms with van der Waals surface area (Å²) in [4.78, 5) is 26.5. The first-order valence-corrected chi connectivity index (χ1v) is 11.0. The number of rotatable bonds is 6. The minimum absolute atomic E-state index is 0.00809. The fraction of sp³-hybridized carbons (Fsp3) is 0.391. The van der Waals surface area contributed by atoms with Gasteiger partial charge in [0.15, 0.2) is 0 Å². The number of anilines is 1. The van der Waals surface area contributed by atoms with Crippen LogP contribution in [0.5, 0.6) is 0 Å². The van der Waals surface area contributed by atoms with Crippen LogP contribution in [0.4, 0.5) is 23.7 Å². The maximum atomic E-state index is 12.6. The van der Waals surface area contributed by atoms with Crippen LogP contribution in [0.3, 0.4) is 0 Å². The number of carbonyl (C=O) groups excluding carboxylic acids is 2. The fourth-order valence-electron chi connectivity index (χ4n) is 3.77. The summed E-state index contributed by atoms with van der Waals surface area (Å²) in [6.45, 7) is 3.52. The molecule has 0 bridgehead atoms. The number of likely N-dealkylation sites (tertiary alicyclic amines) is 1. The summed E-state index contributed by atoms with van der Waals surface area (Å²) in [5.74, 6) is -0.319. The van der Waals surface area contributed by atoms with Crippen LogP contribution in [-0.4, -0.2) is 42.0 Å². The van der Waals surface area contributed by atoms with Crippen molar-refractivity contribution in [2.75, 3.05) is 18.4 Å². The molecule has 1 heterocycles. The number of halogens is 4. The van der Waals surface area contributed by atoms with Crippen LogP contribution in [-0.2, 0) is 17.5 Å². The van der Waals surface area contributed by atoms with Gasteiger partial charge in [-0.05, 0) is 61.7 Å². The Hall–Kier alpha value is -2.78. The molecule has 1 aliphatic rings. The number of carbonyl (C=O) groups is 2. The second-order valence-electron chi connectivity index (χ2n) is 8.12. The number of hydrogen-bond acceptors (Lipinski definition) is 3. The van der Waals surface area contributed by atoms with Gasteiger partial charge in [-0.2, -0.15) is 13.2 Å². The summed E-state index contributed by atoms with van der Waals surface area (Å²) in [5.41, 5.74) is 0.570. The van der Waals surface area contributed by atoms with Crippen LogP contribution in [0, 0.1) is 0 Å². The first-order valence-electron chi connectivity index (χ1n) is 10.6. The van der Waals surface area contributed by atoms with Crippen molar-refractivity contribution >= 4 is 29.2 Å². The number of amides is 3. The molecule has 2 aromatic rings. The molecule has 0 aromatic heterocycles. The molecule has 0 saturated carbocycles. The standard InChI is InChI=1S/C23H26ClF3N4O2/c1-15-12-20(10-11-31(15)14-16-2-6-18(24)7-3-16)29-21(32)13-28-22(33)30-19-8-4-17(5-9-19)23(25,26)27/h2-9,15,20H,10-14H2,1H3,(H,29,32)(H2,28,30,33). The van der Waals surface area contributed by atoms with Crippen LogP contribution in [0.2, 0.25) is 5.02 Å². The highest BCUT2D eigenvalue weighted by Gasteiger charge is 2.30. The number of nitrogens with one attached hydrogen (secondary N) is 3. The smallest absolute Gasteiger partial charge is 0.352 e. The fourth-order valence-corrected chi connectivity index (χ4v) is 3.89. The molecule has 178 valence electrons. The summed E-state index contributed by atoms with van der Waals surface area (Å²) >= 11 is 5.94. The monoisotopic (exact) mass is 482 g/mol. The molecule has 2 atom stereocenters. The van der Waals surface area contributed by atoms with E-state index < -0.39 is 17.8 Å². The van der Waals surface area contributed by atoms with E-state index >= 15 is 0 Å². The van der Waals surface area contributed by atoms with Crippen molar-refractivity contribution in [2.24, 2.45) is 0 Å². The molecule has 6 nitrogen and oxygen atoms in total. The molecule has 1 saturated heterocycles. The third-order valence-electron chi connectivity index (χ3n) is 5.56. The number of urea groups is 1. The summed E-state index contributed by atoms with van der Waals surface area (Å²) in [7, 11) is 0. The predicted octanol–water partition coefficient (Wildman–Crippen LogP) is 4.65. The van der Waals surface area contributed by atoms with Gasteiger partial charge in [-0.1, -0.05) is 23.7 Å². The van der Waals surface area contributed by atoms with Crippen molar-refractivity contribution < 1.29 is 22.8 Å². The van der Waals surface area contributed by atoms with Gasteiger partial charge in [0.05, 0.1) is 12.1 Å². The lowest BCUT2D eigenvalue weighted by molar-refractivity contribution is -0.137. The van der Waals surface area contributed by atoms with E-state index in [9.17, 15) is 22.8 Å². The van der Waals surface area contributed by atoms with E-state index in [2.05, 4.69) is 27.8 Å². The Morgan fingerprint density at radius 1 is 1.09 bits per heavy atom. The van der Waals surface area contributed by atoms with Gasteiger partial charge in [-0.15, -0.1) is 0 Å². The summed E-state index contributed by atoms with van der Waals surface area (Å²) in [6, 6.07) is 11.4. The normalized spacial score (nSPS) is 19.1. The maximum Gasteiger partial charge on any atom is 0.416 e. The number of benzene rings is 2. The predicted molar refractivity (Wildman–Crippen MR) is 121 cm³/mol. The minimum atomic E-state index is -4.44. The van der Waals surface area contributed by atoms with E-state index in [-0.39, 0.29) is 30.2 Å². The van der Waals surface area contributed by atoms with Crippen molar-refractivity contribution in [2.45, 2.75) is 44.6 Å². The Morgan fingerprint density at radius 2 is 1.76 bits per heavy atom. The molecule has 0 radical (unpaired) electrons. The van der Waals surface area contributed by atoms with Crippen LogP contribution in [0.1, 0.15) is 30.9 Å². The molecule has 0 spiro atoms. The Bertz CT molecular complexity index is 952. The van der Waals surface area contributed by atoms with Crippen molar-refractivity contribution in [1.29, 1.82) is 0 Å². The first kappa shape index (κ1) is 24.9. The van der Waals surface area contributed by atoms with Gasteiger partial charge in [-0.25, -0.2) is 4.79 Å². The summed E-state index contributed by atoms with van der Waals surface area (Å²) < 4.78 is 37.8. The van der Waals surface area contributed by atoms with Crippen LogP contribution < -0.4 is 16.0 Å². The highest BCUT2D eigenvalue weighted by atomic mass is 35.5. The average Bonchev–Trinajstić information content (AvgIpc) is 2.75. The van der Waals surface area contributed by atoms with E-state index in [0.717, 1.165) is 50.2 Å². The number of alkyl halides is 3. The summed E-state index contributed by atoms with van der Waals surface area (Å²) in [6.07, 6.45) is -2.86. The molecular formula is C23H26ClF3N4O2. The Labute approximate surface area is 195 Å². The Morgan fingerprint density at radius 3 is 2.36 bits per heavy atom. The lowest BCUT2D eigenvalue weighted by atomic mass is 9.97. The van der Waals surface area contributed by atoms with Crippen LogP contribution in [0.15, 0.2) is 48.5 Å². The van der Waals surface area contributed by atoms with Crippen molar-refractivity contribution in [3.05, 3.63) is 64.7 Å². The summed E-state index contributed by atoms with van der Waals surface area (Å²) in [5, 5.41) is 8.46. The zero-order valence-corrected chi connectivity index (χ0v) is 18.8. The zero-order valence-electron chi connectivity index (χ0n) is 18.1. The van der Waals surface area contributed by atoms with E-state index in [1.54, 1.807) is 0 Å². The van der Waals surface area contributed by atoms with Gasteiger partial charge in [-0.3, -0.25) is 9.69 Å². The maximum absolute atomic E-state index is 12.6. The van der Waals surface area contributed by atoms with Gasteiger partial charge in [0, 0.05) is 35.9 Å². The molecular weight excluding hydrogens is 457 g/mol. The Balaban J connectivity index is 1.38. The molecule has 1 aliphatic heterocycles. The van der Waals surface area contributed by atoms with Gasteiger partial charge in [0.2, 0.25) is 5.91 Å². The molecule has 3 N–H and O–H groups in total. The highest BCUT2D eigenvalue weighted by molar-refractivity contribution is 6.30. The quantitative estimate of drug-likeness (QED) is 0.561. The van der Waals surface area contributed by atoms with E-state index in [0.29, 0.717) is 5.02 Å².